The first-order valence-corrected chi connectivity index (χ1v) is 13.5. The molecule has 36 heavy (non-hydrogen) atoms. The molecule has 0 aromatic rings. The molecule has 204 valence electrons. The Kier molecular flexibility index (Phi) is 16.2. The summed E-state index contributed by atoms with van der Waals surface area (Å²) >= 11 is 0. The fourth-order valence-corrected chi connectivity index (χ4v) is 4.19. The van der Waals surface area contributed by atoms with E-state index < -0.39 is 29.9 Å². The molecule has 1 fully saturated rings. The van der Waals surface area contributed by atoms with Crippen molar-refractivity contribution in [3.8, 4) is 0 Å². The molecule has 1 heterocycles. The van der Waals surface area contributed by atoms with E-state index in [0.29, 0.717) is 12.8 Å². The molecular weight excluding hydrogens is 460 g/mol. The number of nitrogens with one attached hydrogen (secondary N) is 1. The maximum atomic E-state index is 12.8. The minimum absolute atomic E-state index is 0.185. The molecule has 8 nitrogen and oxygen atoms in total. The normalized spacial score (nSPS) is 19.0. The van der Waals surface area contributed by atoms with Gasteiger partial charge in [-0.3, -0.25) is 14.4 Å². The molecule has 1 aliphatic heterocycles. The lowest BCUT2D eigenvalue weighted by molar-refractivity contribution is -0.190. The Labute approximate surface area is 216 Å². The van der Waals surface area contributed by atoms with E-state index in [1.54, 1.807) is 0 Å². The number of amides is 2. The summed E-state index contributed by atoms with van der Waals surface area (Å²) in [4.78, 5) is 47.7. The summed E-state index contributed by atoms with van der Waals surface area (Å²) in [6, 6.07) is -1.15. The number of hydrogen-bond acceptors (Lipinski definition) is 6. The number of allylic oxidation sites excluding steroid dienone is 3. The number of unbranched alkanes of at least 4 members (excludes halogenated alkanes) is 6. The molecule has 4 atom stereocenters. The van der Waals surface area contributed by atoms with Crippen LogP contribution < -0.4 is 11.1 Å². The van der Waals surface area contributed by atoms with Crippen LogP contribution in [-0.2, 0) is 28.7 Å². The monoisotopic (exact) mass is 506 g/mol. The van der Waals surface area contributed by atoms with Crippen molar-refractivity contribution in [3.05, 3.63) is 24.3 Å². The quantitative estimate of drug-likeness (QED) is 0.141. The van der Waals surface area contributed by atoms with Gasteiger partial charge in [0.25, 0.3) is 0 Å². The van der Waals surface area contributed by atoms with Gasteiger partial charge >= 0.3 is 11.9 Å². The Hall–Kier alpha value is -2.64. The number of hydrogen-bond donors (Lipinski definition) is 2. The minimum atomic E-state index is -1.15. The summed E-state index contributed by atoms with van der Waals surface area (Å²) in [6.45, 7) is 5.58. The maximum Gasteiger partial charge on any atom is 0.329 e. The molecule has 0 aliphatic carbocycles. The zero-order chi connectivity index (χ0) is 26.8. The Morgan fingerprint density at radius 2 is 1.72 bits per heavy atom. The molecule has 0 spiro atoms. The van der Waals surface area contributed by atoms with Gasteiger partial charge < -0.3 is 20.5 Å². The standard InChI is InChI=1S/C28H46N2O6/c1-4-6-8-10-11-12-13-14-15-17-22(35-28(34)24(20-26(29)32)30-21(3)31)19-25-23(27(33)36-25)18-16-9-7-5-2/h11-12,14-15,22-25H,4-10,13,16-20H2,1-3H3,(H2,29,32)(H,30,31)/t22?,23?,24-,25?/m0/s1. The summed E-state index contributed by atoms with van der Waals surface area (Å²) < 4.78 is 11.1. The Balaban J connectivity index is 2.75. The van der Waals surface area contributed by atoms with Gasteiger partial charge in [0.1, 0.15) is 18.2 Å². The predicted molar refractivity (Wildman–Crippen MR) is 140 cm³/mol. The van der Waals surface area contributed by atoms with E-state index in [9.17, 15) is 19.2 Å². The van der Waals surface area contributed by atoms with E-state index in [1.165, 1.54) is 26.2 Å². The van der Waals surface area contributed by atoms with Gasteiger partial charge in [-0.1, -0.05) is 76.7 Å². The van der Waals surface area contributed by atoms with Crippen LogP contribution in [0.15, 0.2) is 24.3 Å². The average molecular weight is 507 g/mol. The number of nitrogens with two attached hydrogens (primary N) is 1. The van der Waals surface area contributed by atoms with E-state index in [0.717, 1.165) is 44.9 Å². The lowest BCUT2D eigenvalue weighted by atomic mass is 9.87. The van der Waals surface area contributed by atoms with Crippen molar-refractivity contribution < 1.29 is 28.7 Å². The van der Waals surface area contributed by atoms with Crippen LogP contribution in [0.1, 0.15) is 104 Å². The molecule has 3 unspecified atom stereocenters. The van der Waals surface area contributed by atoms with Crippen LogP contribution in [-0.4, -0.2) is 42.0 Å². The fourth-order valence-electron chi connectivity index (χ4n) is 4.19. The van der Waals surface area contributed by atoms with Crippen LogP contribution in [0.2, 0.25) is 0 Å². The average Bonchev–Trinajstić information content (AvgIpc) is 2.81. The van der Waals surface area contributed by atoms with Gasteiger partial charge in [-0.05, 0) is 25.7 Å². The number of rotatable bonds is 20. The van der Waals surface area contributed by atoms with Crippen molar-refractivity contribution in [1.29, 1.82) is 0 Å². The molecule has 0 saturated carbocycles. The highest BCUT2D eigenvalue weighted by Gasteiger charge is 2.43. The molecule has 0 aromatic heterocycles. The number of esters is 2. The number of carbonyl (C=O) groups excluding carboxylic acids is 4. The first-order chi connectivity index (χ1) is 17.3. The van der Waals surface area contributed by atoms with Crippen molar-refractivity contribution >= 4 is 23.8 Å². The Morgan fingerprint density at radius 3 is 2.36 bits per heavy atom. The molecular formula is C28H46N2O6. The van der Waals surface area contributed by atoms with Gasteiger partial charge in [-0.25, -0.2) is 4.79 Å². The first-order valence-electron chi connectivity index (χ1n) is 13.5. The predicted octanol–water partition coefficient (Wildman–Crippen LogP) is 4.65. The molecule has 1 rings (SSSR count). The summed E-state index contributed by atoms with van der Waals surface area (Å²) in [5, 5.41) is 2.43. The smallest absolute Gasteiger partial charge is 0.329 e. The van der Waals surface area contributed by atoms with Crippen LogP contribution >= 0.6 is 0 Å². The Morgan fingerprint density at radius 1 is 1.03 bits per heavy atom. The van der Waals surface area contributed by atoms with Crippen molar-refractivity contribution in [2.75, 3.05) is 0 Å². The van der Waals surface area contributed by atoms with Crippen LogP contribution in [0.3, 0.4) is 0 Å². The van der Waals surface area contributed by atoms with Crippen LogP contribution in [0.5, 0.6) is 0 Å². The maximum absolute atomic E-state index is 12.8. The van der Waals surface area contributed by atoms with E-state index in [1.807, 2.05) is 12.2 Å². The third-order valence-electron chi connectivity index (χ3n) is 6.21. The summed E-state index contributed by atoms with van der Waals surface area (Å²) in [5.74, 6) is -2.28. The van der Waals surface area contributed by atoms with Crippen molar-refractivity contribution in [2.45, 2.75) is 122 Å². The van der Waals surface area contributed by atoms with Gasteiger partial charge in [-0.2, -0.15) is 0 Å². The molecule has 0 aromatic carbocycles. The molecule has 0 bridgehead atoms. The molecule has 1 aliphatic rings. The highest BCUT2D eigenvalue weighted by molar-refractivity contribution is 5.88. The Bertz CT molecular complexity index is 732. The van der Waals surface area contributed by atoms with Gasteiger partial charge in [0.15, 0.2) is 0 Å². The summed E-state index contributed by atoms with van der Waals surface area (Å²) in [5.41, 5.74) is 5.24. The third kappa shape index (κ3) is 13.4. The second-order valence-electron chi connectivity index (χ2n) is 9.56. The topological polar surface area (TPSA) is 125 Å². The third-order valence-corrected chi connectivity index (χ3v) is 6.21. The molecule has 8 heteroatoms. The van der Waals surface area contributed by atoms with Crippen LogP contribution in [0.4, 0.5) is 0 Å². The number of cyclic esters (lactones) is 1. The van der Waals surface area contributed by atoms with Crippen molar-refractivity contribution in [3.63, 3.8) is 0 Å². The van der Waals surface area contributed by atoms with Crippen LogP contribution in [0.25, 0.3) is 0 Å². The van der Waals surface area contributed by atoms with Crippen molar-refractivity contribution in [1.82, 2.24) is 5.32 Å². The lowest BCUT2D eigenvalue weighted by Crippen LogP contribution is -2.48. The number of ether oxygens (including phenoxy) is 2. The van der Waals surface area contributed by atoms with E-state index >= 15 is 0 Å². The highest BCUT2D eigenvalue weighted by Crippen LogP contribution is 2.32. The second-order valence-corrected chi connectivity index (χ2v) is 9.56. The second kappa shape index (κ2) is 18.6. The molecule has 2 amide bonds. The SMILES string of the molecule is CCCCCC=CCC=CCC(CC1OC(=O)C1CCCCCC)OC(=O)[C@H](CC(N)=O)NC(C)=O. The summed E-state index contributed by atoms with van der Waals surface area (Å²) in [6.07, 6.45) is 18.4. The van der Waals surface area contributed by atoms with E-state index in [-0.39, 0.29) is 24.4 Å². The summed E-state index contributed by atoms with van der Waals surface area (Å²) in [7, 11) is 0. The number of primary amides is 1. The van der Waals surface area contributed by atoms with Gasteiger partial charge in [-0.15, -0.1) is 0 Å². The van der Waals surface area contributed by atoms with Gasteiger partial charge in [0.05, 0.1) is 12.3 Å². The zero-order valence-electron chi connectivity index (χ0n) is 22.3. The zero-order valence-corrected chi connectivity index (χ0v) is 22.3. The van der Waals surface area contributed by atoms with Crippen LogP contribution in [0, 0.1) is 5.92 Å². The first kappa shape index (κ1) is 31.4. The lowest BCUT2D eigenvalue weighted by Gasteiger charge is -2.37. The van der Waals surface area contributed by atoms with Crippen molar-refractivity contribution in [2.24, 2.45) is 11.7 Å². The minimum Gasteiger partial charge on any atom is -0.461 e. The molecule has 3 N–H and O–H groups in total. The number of carbonyl (C=O) groups is 4. The molecule has 0 radical (unpaired) electrons. The largest absolute Gasteiger partial charge is 0.461 e. The van der Waals surface area contributed by atoms with E-state index in [4.69, 9.17) is 15.2 Å². The van der Waals surface area contributed by atoms with Gasteiger partial charge in [0, 0.05) is 19.8 Å². The van der Waals surface area contributed by atoms with Gasteiger partial charge in [0.2, 0.25) is 11.8 Å². The highest BCUT2D eigenvalue weighted by atomic mass is 16.6. The fraction of sp³-hybridized carbons (Fsp3) is 0.714. The van der Waals surface area contributed by atoms with E-state index in [2.05, 4.69) is 31.3 Å². The molecule has 1 saturated heterocycles.